The van der Waals surface area contributed by atoms with Gasteiger partial charge in [-0.3, -0.25) is 0 Å². The Balaban J connectivity index is 1.09. The third-order valence-corrected chi connectivity index (χ3v) is 11.5. The Morgan fingerprint density at radius 3 is 1.73 bits per heavy atom. The van der Waals surface area contributed by atoms with Crippen LogP contribution in [0.1, 0.15) is 0 Å². The number of hydrogen-bond acceptors (Lipinski definition) is 1. The lowest BCUT2D eigenvalue weighted by Crippen LogP contribution is -1.98. The Hall–Kier alpha value is -7.63. The van der Waals surface area contributed by atoms with Crippen molar-refractivity contribution in [3.05, 3.63) is 200 Å². The van der Waals surface area contributed by atoms with Crippen LogP contribution in [0.5, 0.6) is 0 Å². The van der Waals surface area contributed by atoms with E-state index >= 15 is 0 Å². The minimum absolute atomic E-state index is 1.04. The molecule has 0 N–H and O–H groups in total. The van der Waals surface area contributed by atoms with Crippen molar-refractivity contribution >= 4 is 65.4 Å². The van der Waals surface area contributed by atoms with Crippen LogP contribution in [0.3, 0.4) is 0 Å². The van der Waals surface area contributed by atoms with Gasteiger partial charge in [-0.25, -0.2) is 4.68 Å². The second-order valence-electron chi connectivity index (χ2n) is 14.5. The smallest absolute Gasteiger partial charge is 0.0762 e. The summed E-state index contributed by atoms with van der Waals surface area (Å²) in [6.45, 7) is 0. The van der Waals surface area contributed by atoms with E-state index in [4.69, 9.17) is 5.10 Å². The summed E-state index contributed by atoms with van der Waals surface area (Å²) in [5.41, 5.74) is 13.8. The van der Waals surface area contributed by atoms with E-state index in [1.807, 2.05) is 16.9 Å². The number of fused-ring (bicyclic) bond motifs is 9. The zero-order valence-corrected chi connectivity index (χ0v) is 30.3. The molecule has 0 saturated heterocycles. The fourth-order valence-electron chi connectivity index (χ4n) is 9.02. The Bertz CT molecular complexity index is 3400. The first-order valence-corrected chi connectivity index (χ1v) is 19.1. The lowest BCUT2D eigenvalue weighted by atomic mass is 9.98. The molecule has 4 heterocycles. The molecule has 5 nitrogen and oxygen atoms in total. The molecule has 5 heteroatoms. The summed E-state index contributed by atoms with van der Waals surface area (Å²) in [6, 6.07) is 67.7. The highest BCUT2D eigenvalue weighted by Gasteiger charge is 2.21. The third-order valence-electron chi connectivity index (χ3n) is 11.5. The molecule has 8 aromatic carbocycles. The molecule has 0 atom stereocenters. The normalized spacial score (nSPS) is 11.9. The van der Waals surface area contributed by atoms with Crippen molar-refractivity contribution in [1.29, 1.82) is 0 Å². The van der Waals surface area contributed by atoms with Gasteiger partial charge in [0, 0.05) is 55.6 Å². The van der Waals surface area contributed by atoms with E-state index in [-0.39, 0.29) is 0 Å². The van der Waals surface area contributed by atoms with Crippen molar-refractivity contribution in [2.75, 3.05) is 0 Å². The number of benzene rings is 8. The van der Waals surface area contributed by atoms with Crippen molar-refractivity contribution in [1.82, 2.24) is 23.5 Å². The topological polar surface area (TPSA) is 32.6 Å². The van der Waals surface area contributed by atoms with Gasteiger partial charge in [0.1, 0.15) is 0 Å². The molecule has 12 rings (SSSR count). The molecule has 0 spiro atoms. The minimum Gasteiger partial charge on any atom is -0.317 e. The Labute approximate surface area is 322 Å². The number of aromatic nitrogens is 5. The molecule has 0 aliphatic heterocycles. The molecule has 0 unspecified atom stereocenters. The molecule has 12 aromatic rings. The molecule has 0 aliphatic carbocycles. The van der Waals surface area contributed by atoms with E-state index in [0.717, 1.165) is 44.7 Å². The second kappa shape index (κ2) is 11.9. The maximum absolute atomic E-state index is 4.97. The monoisotopic (exact) mass is 715 g/mol. The molecule has 0 saturated carbocycles. The summed E-state index contributed by atoms with van der Waals surface area (Å²) >= 11 is 0. The Morgan fingerprint density at radius 2 is 1.00 bits per heavy atom. The van der Waals surface area contributed by atoms with Crippen molar-refractivity contribution in [2.45, 2.75) is 0 Å². The van der Waals surface area contributed by atoms with Crippen molar-refractivity contribution in [2.24, 2.45) is 0 Å². The first-order chi connectivity index (χ1) is 27.8. The summed E-state index contributed by atoms with van der Waals surface area (Å²) in [7, 11) is 0. The SMILES string of the molecule is c1ccc(-n2ccc3cc(-c4cccc5c4c4ccc6c(cnn6-c6ccccc6)c4n5-c4ccc(-n5c6ccccc6c6ccccc65)cc4)ccc32)cc1. The van der Waals surface area contributed by atoms with Crippen LogP contribution >= 0.6 is 0 Å². The maximum Gasteiger partial charge on any atom is 0.0762 e. The van der Waals surface area contributed by atoms with Crippen LogP contribution in [0.25, 0.3) is 99.3 Å². The van der Waals surface area contributed by atoms with E-state index in [2.05, 4.69) is 202 Å². The number of para-hydroxylation sites is 4. The fourth-order valence-corrected chi connectivity index (χ4v) is 9.02. The van der Waals surface area contributed by atoms with Gasteiger partial charge in [-0.05, 0) is 108 Å². The zero-order valence-electron chi connectivity index (χ0n) is 30.3. The molecule has 262 valence electrons. The predicted octanol–water partition coefficient (Wildman–Crippen LogP) is 12.8. The summed E-state index contributed by atoms with van der Waals surface area (Å²) < 4.78 is 9.12. The van der Waals surface area contributed by atoms with Gasteiger partial charge in [-0.1, -0.05) is 91.0 Å². The van der Waals surface area contributed by atoms with E-state index in [1.54, 1.807) is 0 Å². The summed E-state index contributed by atoms with van der Waals surface area (Å²) in [4.78, 5) is 0. The average Bonchev–Trinajstić information content (AvgIpc) is 4.05. The Morgan fingerprint density at radius 1 is 0.375 bits per heavy atom. The zero-order chi connectivity index (χ0) is 36.7. The highest BCUT2D eigenvalue weighted by Crippen LogP contribution is 2.42. The predicted molar refractivity (Wildman–Crippen MR) is 232 cm³/mol. The van der Waals surface area contributed by atoms with Gasteiger partial charge in [0.05, 0.1) is 45.0 Å². The highest BCUT2D eigenvalue weighted by atomic mass is 15.3. The summed E-state index contributed by atoms with van der Waals surface area (Å²) in [6.07, 6.45) is 4.20. The largest absolute Gasteiger partial charge is 0.317 e. The van der Waals surface area contributed by atoms with Crippen LogP contribution in [0.15, 0.2) is 200 Å². The molecule has 4 aromatic heterocycles. The van der Waals surface area contributed by atoms with Gasteiger partial charge in [-0.2, -0.15) is 5.10 Å². The number of nitrogens with zero attached hydrogens (tertiary/aromatic N) is 5. The van der Waals surface area contributed by atoms with Crippen LogP contribution in [-0.2, 0) is 0 Å². The molecule has 0 bridgehead atoms. The average molecular weight is 716 g/mol. The van der Waals surface area contributed by atoms with Gasteiger partial charge in [0.15, 0.2) is 0 Å². The number of rotatable bonds is 5. The number of hydrogen-bond donors (Lipinski definition) is 0. The van der Waals surface area contributed by atoms with Gasteiger partial charge >= 0.3 is 0 Å². The van der Waals surface area contributed by atoms with E-state index in [0.29, 0.717) is 0 Å². The Kier molecular flexibility index (Phi) is 6.56. The van der Waals surface area contributed by atoms with Gasteiger partial charge in [0.2, 0.25) is 0 Å². The quantitative estimate of drug-likeness (QED) is 0.175. The van der Waals surface area contributed by atoms with Crippen LogP contribution in [-0.4, -0.2) is 23.5 Å². The maximum atomic E-state index is 4.97. The molecule has 0 radical (unpaired) electrons. The molecule has 56 heavy (non-hydrogen) atoms. The molecule has 0 fully saturated rings. The molecule has 0 amide bonds. The second-order valence-corrected chi connectivity index (χ2v) is 14.5. The summed E-state index contributed by atoms with van der Waals surface area (Å²) in [5.74, 6) is 0. The van der Waals surface area contributed by atoms with Gasteiger partial charge < -0.3 is 13.7 Å². The lowest BCUT2D eigenvalue weighted by molar-refractivity contribution is 0.911. The molecular weight excluding hydrogens is 683 g/mol. The van der Waals surface area contributed by atoms with Crippen molar-refractivity contribution < 1.29 is 0 Å². The van der Waals surface area contributed by atoms with Crippen LogP contribution in [0, 0.1) is 0 Å². The molecule has 0 aliphatic rings. The standard InChI is InChI=1S/C51H33N5/c1-3-12-36(13-4-1)53-31-30-35-32-34(22-28-45(35)53)40-18-11-21-49-50(40)43-27-29-48-44(33-52-56(48)39-14-5-2-6-15-39)51(43)55(49)38-25-23-37(24-26-38)54-46-19-9-7-16-41(46)42-17-8-10-20-47(42)54/h1-33H. The lowest BCUT2D eigenvalue weighted by Gasteiger charge is -2.12. The highest BCUT2D eigenvalue weighted by molar-refractivity contribution is 6.22. The van der Waals surface area contributed by atoms with Crippen LogP contribution in [0.4, 0.5) is 0 Å². The van der Waals surface area contributed by atoms with E-state index < -0.39 is 0 Å². The first kappa shape index (κ1) is 30.8. The molecular formula is C51H33N5. The first-order valence-electron chi connectivity index (χ1n) is 19.1. The van der Waals surface area contributed by atoms with Crippen molar-refractivity contribution in [3.63, 3.8) is 0 Å². The van der Waals surface area contributed by atoms with E-state index in [1.165, 1.54) is 54.6 Å². The third kappa shape index (κ3) is 4.46. The van der Waals surface area contributed by atoms with E-state index in [9.17, 15) is 0 Å². The summed E-state index contributed by atoms with van der Waals surface area (Å²) in [5, 5.41) is 12.2. The van der Waals surface area contributed by atoms with Crippen molar-refractivity contribution in [3.8, 4) is 33.9 Å². The van der Waals surface area contributed by atoms with Gasteiger partial charge in [0.25, 0.3) is 0 Å². The van der Waals surface area contributed by atoms with Crippen LogP contribution < -0.4 is 0 Å². The minimum atomic E-state index is 1.04. The van der Waals surface area contributed by atoms with Gasteiger partial charge in [-0.15, -0.1) is 0 Å². The van der Waals surface area contributed by atoms with Crippen LogP contribution in [0.2, 0.25) is 0 Å². The fraction of sp³-hybridized carbons (Fsp3) is 0.